The van der Waals surface area contributed by atoms with Crippen LogP contribution in [0.2, 0.25) is 0 Å². The molecule has 0 aliphatic carbocycles. The lowest BCUT2D eigenvalue weighted by Crippen LogP contribution is -2.21. The molecule has 0 aromatic carbocycles. The molecule has 5 nitrogen and oxygen atoms in total. The van der Waals surface area contributed by atoms with Crippen molar-refractivity contribution in [2.24, 2.45) is 5.73 Å². The van der Waals surface area contributed by atoms with E-state index in [1.165, 1.54) is 70.6 Å². The Kier molecular flexibility index (Phi) is 16.4. The number of unbranched alkanes of at least 4 members (excludes halogenated alkanes) is 13. The molecule has 0 unspecified atom stereocenters. The quantitative estimate of drug-likeness (QED) is 0.276. The van der Waals surface area contributed by atoms with Crippen molar-refractivity contribution in [1.82, 2.24) is 0 Å². The van der Waals surface area contributed by atoms with Crippen LogP contribution in [0.5, 0.6) is 0 Å². The van der Waals surface area contributed by atoms with E-state index in [0.29, 0.717) is 6.42 Å². The molecule has 25 heavy (non-hydrogen) atoms. The monoisotopic (exact) mass is 377 g/mol. The first-order valence-corrected chi connectivity index (χ1v) is 11.7. The molecule has 150 valence electrons. The molecule has 0 aromatic heterocycles. The van der Waals surface area contributed by atoms with Crippen molar-refractivity contribution in [3.63, 3.8) is 0 Å². The molecule has 0 radical (unpaired) electrons. The topological polar surface area (TPSA) is 86.5 Å². The Labute approximate surface area is 155 Å². The molecule has 0 aromatic rings. The molecule has 0 saturated carbocycles. The molecule has 0 amide bonds. The fraction of sp³-hybridized carbons (Fsp3) is 0.947. The predicted octanol–water partition coefficient (Wildman–Crippen LogP) is 4.69. The minimum absolute atomic E-state index is 0.0333. The van der Waals surface area contributed by atoms with Crippen LogP contribution >= 0.6 is 0 Å². The standard InChI is InChI=1S/C19H39NO4S/c1-2-3-4-5-6-7-8-9-10-11-12-13-14-15-16-19(21)24-25(22,23)18-17-20/h2-18,20H2,1H3. The molecule has 0 aliphatic rings. The summed E-state index contributed by atoms with van der Waals surface area (Å²) in [7, 11) is -3.77. The van der Waals surface area contributed by atoms with E-state index >= 15 is 0 Å². The van der Waals surface area contributed by atoms with Crippen molar-refractivity contribution < 1.29 is 17.4 Å². The van der Waals surface area contributed by atoms with Gasteiger partial charge in [0.25, 0.3) is 0 Å². The third kappa shape index (κ3) is 18.0. The first-order chi connectivity index (χ1) is 12.0. The number of hydrogen-bond acceptors (Lipinski definition) is 5. The second kappa shape index (κ2) is 16.8. The molecule has 0 bridgehead atoms. The Balaban J connectivity index is 3.30. The molecule has 0 spiro atoms. The average molecular weight is 378 g/mol. The Hall–Kier alpha value is -0.620. The molecule has 0 rings (SSSR count). The van der Waals surface area contributed by atoms with Gasteiger partial charge in [0.05, 0.1) is 5.75 Å². The van der Waals surface area contributed by atoms with E-state index in [2.05, 4.69) is 11.1 Å². The maximum atomic E-state index is 11.4. The van der Waals surface area contributed by atoms with Crippen molar-refractivity contribution in [1.29, 1.82) is 0 Å². The van der Waals surface area contributed by atoms with Crippen molar-refractivity contribution in [3.05, 3.63) is 0 Å². The van der Waals surface area contributed by atoms with Crippen LogP contribution < -0.4 is 5.73 Å². The number of rotatable bonds is 18. The highest BCUT2D eigenvalue weighted by Gasteiger charge is 2.15. The van der Waals surface area contributed by atoms with Gasteiger partial charge >= 0.3 is 16.1 Å². The van der Waals surface area contributed by atoms with Crippen molar-refractivity contribution in [2.75, 3.05) is 12.3 Å². The predicted molar refractivity (Wildman–Crippen MR) is 104 cm³/mol. The summed E-state index contributed by atoms with van der Waals surface area (Å²) >= 11 is 0. The van der Waals surface area contributed by atoms with Gasteiger partial charge in [0.1, 0.15) is 0 Å². The van der Waals surface area contributed by atoms with Crippen molar-refractivity contribution in [3.8, 4) is 0 Å². The Morgan fingerprint density at radius 2 is 1.16 bits per heavy atom. The molecule has 0 aliphatic heterocycles. The highest BCUT2D eigenvalue weighted by atomic mass is 32.2. The SMILES string of the molecule is CCCCCCCCCCCCCCCCC(=O)OS(=O)(=O)CCN. The zero-order valence-electron chi connectivity index (χ0n) is 16.1. The molecule has 0 fully saturated rings. The normalized spacial score (nSPS) is 11.6. The summed E-state index contributed by atoms with van der Waals surface area (Å²) < 4.78 is 27.0. The van der Waals surface area contributed by atoms with Crippen LogP contribution in [0.15, 0.2) is 0 Å². The number of carbonyl (C=O) groups excluding carboxylic acids is 1. The highest BCUT2D eigenvalue weighted by molar-refractivity contribution is 7.87. The van der Waals surface area contributed by atoms with Gasteiger partial charge in [-0.25, -0.2) is 0 Å². The summed E-state index contributed by atoms with van der Waals surface area (Å²) in [5, 5.41) is 0. The third-order valence-corrected chi connectivity index (χ3v) is 5.50. The molecule has 2 N–H and O–H groups in total. The van der Waals surface area contributed by atoms with Crippen LogP contribution in [-0.4, -0.2) is 26.7 Å². The van der Waals surface area contributed by atoms with Gasteiger partial charge in [-0.15, -0.1) is 0 Å². The average Bonchev–Trinajstić information content (AvgIpc) is 2.54. The Bertz CT molecular complexity index is 410. The van der Waals surface area contributed by atoms with Gasteiger partial charge in [0, 0.05) is 13.0 Å². The smallest absolute Gasteiger partial charge is 0.322 e. The van der Waals surface area contributed by atoms with E-state index in [1.54, 1.807) is 0 Å². The maximum Gasteiger partial charge on any atom is 0.322 e. The summed E-state index contributed by atoms with van der Waals surface area (Å²) in [5.74, 6) is -0.968. The second-order valence-corrected chi connectivity index (χ2v) is 8.54. The van der Waals surface area contributed by atoms with Crippen molar-refractivity contribution in [2.45, 2.75) is 103 Å². The minimum Gasteiger partial charge on any atom is -0.346 e. The zero-order valence-corrected chi connectivity index (χ0v) is 17.0. The summed E-state index contributed by atoms with van der Waals surface area (Å²) in [5.41, 5.74) is 5.15. The van der Waals surface area contributed by atoms with E-state index in [9.17, 15) is 13.2 Å². The van der Waals surface area contributed by atoms with Crippen LogP contribution in [0.3, 0.4) is 0 Å². The first kappa shape index (κ1) is 24.4. The second-order valence-electron chi connectivity index (χ2n) is 6.85. The van der Waals surface area contributed by atoms with E-state index in [-0.39, 0.29) is 18.7 Å². The molecule has 6 heteroatoms. The van der Waals surface area contributed by atoms with Gasteiger partial charge < -0.3 is 9.92 Å². The van der Waals surface area contributed by atoms with Gasteiger partial charge in [-0.05, 0) is 6.42 Å². The third-order valence-electron chi connectivity index (χ3n) is 4.32. The Morgan fingerprint density at radius 1 is 0.760 bits per heavy atom. The van der Waals surface area contributed by atoms with Crippen LogP contribution in [-0.2, 0) is 19.1 Å². The minimum atomic E-state index is -3.77. The maximum absolute atomic E-state index is 11.4. The fourth-order valence-electron chi connectivity index (χ4n) is 2.83. The van der Waals surface area contributed by atoms with Crippen LogP contribution in [0.4, 0.5) is 0 Å². The highest BCUT2D eigenvalue weighted by Crippen LogP contribution is 2.13. The largest absolute Gasteiger partial charge is 0.346 e. The van der Waals surface area contributed by atoms with Crippen LogP contribution in [0.25, 0.3) is 0 Å². The summed E-state index contributed by atoms with van der Waals surface area (Å²) in [6.07, 6.45) is 17.6. The van der Waals surface area contributed by atoms with E-state index in [1.807, 2.05) is 0 Å². The van der Waals surface area contributed by atoms with Gasteiger partial charge in [0.2, 0.25) is 0 Å². The lowest BCUT2D eigenvalue weighted by Gasteiger charge is -2.05. The van der Waals surface area contributed by atoms with Gasteiger partial charge in [-0.1, -0.05) is 90.4 Å². The Morgan fingerprint density at radius 3 is 1.56 bits per heavy atom. The summed E-state index contributed by atoms with van der Waals surface area (Å²) in [6, 6.07) is 0. The lowest BCUT2D eigenvalue weighted by atomic mass is 10.0. The zero-order chi connectivity index (χ0) is 18.8. The molecule has 0 atom stereocenters. The number of hydrogen-bond donors (Lipinski definition) is 1. The molecule has 0 heterocycles. The summed E-state index contributed by atoms with van der Waals surface area (Å²) in [6.45, 7) is 2.22. The first-order valence-electron chi connectivity index (χ1n) is 10.2. The number of nitrogens with two attached hydrogens (primary N) is 1. The van der Waals surface area contributed by atoms with Gasteiger partial charge in [0.15, 0.2) is 0 Å². The van der Waals surface area contributed by atoms with Gasteiger partial charge in [-0.3, -0.25) is 4.79 Å². The molecular formula is C19H39NO4S. The van der Waals surface area contributed by atoms with Crippen LogP contribution in [0, 0.1) is 0 Å². The molecule has 0 saturated heterocycles. The summed E-state index contributed by atoms with van der Waals surface area (Å²) in [4.78, 5) is 11.4. The molecular weight excluding hydrogens is 338 g/mol. The number of carbonyl (C=O) groups is 1. The van der Waals surface area contributed by atoms with Crippen molar-refractivity contribution >= 4 is 16.1 Å². The van der Waals surface area contributed by atoms with Gasteiger partial charge in [-0.2, -0.15) is 8.42 Å². The van der Waals surface area contributed by atoms with E-state index in [4.69, 9.17) is 5.73 Å². The van der Waals surface area contributed by atoms with Crippen LogP contribution in [0.1, 0.15) is 103 Å². The fourth-order valence-corrected chi connectivity index (χ4v) is 3.57. The lowest BCUT2D eigenvalue weighted by molar-refractivity contribution is -0.133. The van der Waals surface area contributed by atoms with E-state index in [0.717, 1.165) is 12.8 Å². The van der Waals surface area contributed by atoms with E-state index < -0.39 is 16.1 Å².